The number of rotatable bonds is 3. The molecule has 1 saturated heterocycles. The van der Waals surface area contributed by atoms with Crippen LogP contribution in [0.1, 0.15) is 49.3 Å². The van der Waals surface area contributed by atoms with Gasteiger partial charge in [-0.05, 0) is 49.6 Å². The average Bonchev–Trinajstić information content (AvgIpc) is 3.17. The van der Waals surface area contributed by atoms with Crippen LogP contribution in [0, 0.1) is 11.3 Å². The van der Waals surface area contributed by atoms with Crippen LogP contribution in [0.15, 0.2) is 36.1 Å². The van der Waals surface area contributed by atoms with E-state index in [-0.39, 0.29) is 17.6 Å². The minimum atomic E-state index is -4.71. The molecule has 0 spiro atoms. The molecule has 3 heterocycles. The molecule has 0 amide bonds. The Hall–Kier alpha value is -2.83. The van der Waals surface area contributed by atoms with Crippen LogP contribution in [0.3, 0.4) is 0 Å². The number of nitrogens with zero attached hydrogens (tertiary/aromatic N) is 2. The van der Waals surface area contributed by atoms with Gasteiger partial charge in [0.1, 0.15) is 5.76 Å². The van der Waals surface area contributed by atoms with Crippen LogP contribution >= 0.6 is 0 Å². The van der Waals surface area contributed by atoms with Crippen molar-refractivity contribution in [1.82, 2.24) is 10.2 Å². The van der Waals surface area contributed by atoms with Crippen LogP contribution in [0.5, 0.6) is 0 Å². The summed E-state index contributed by atoms with van der Waals surface area (Å²) in [6, 6.07) is 5.24. The average molecular weight is 445 g/mol. The summed E-state index contributed by atoms with van der Waals surface area (Å²) >= 11 is 0. The van der Waals surface area contributed by atoms with E-state index in [1.807, 2.05) is 4.90 Å². The number of ether oxygens (including phenoxy) is 1. The maximum Gasteiger partial charge on any atom is 0.417 e. The van der Waals surface area contributed by atoms with Gasteiger partial charge in [0.15, 0.2) is 11.1 Å². The quantitative estimate of drug-likeness (QED) is 0.739. The van der Waals surface area contributed by atoms with E-state index < -0.39 is 34.4 Å². The van der Waals surface area contributed by atoms with Crippen LogP contribution in [0.4, 0.5) is 13.2 Å². The molecule has 32 heavy (non-hydrogen) atoms. The molecule has 1 aromatic carbocycles. The number of carbonyl (C=O) groups is 1. The number of alkyl halides is 3. The zero-order chi connectivity index (χ0) is 22.9. The second-order valence-electron chi connectivity index (χ2n) is 8.94. The second-order valence-corrected chi connectivity index (χ2v) is 8.94. The third-order valence-electron chi connectivity index (χ3n) is 7.41. The number of benzene rings is 1. The van der Waals surface area contributed by atoms with Crippen LogP contribution < -0.4 is 5.32 Å². The summed E-state index contributed by atoms with van der Waals surface area (Å²) in [4.78, 5) is 14.7. The summed E-state index contributed by atoms with van der Waals surface area (Å²) in [6.45, 7) is 1.99. The molecule has 4 aliphatic rings. The van der Waals surface area contributed by atoms with E-state index in [0.29, 0.717) is 18.0 Å². The smallest absolute Gasteiger partial charge is 0.417 e. The van der Waals surface area contributed by atoms with Gasteiger partial charge in [0.25, 0.3) is 0 Å². The molecule has 9 heteroatoms. The first-order valence-corrected chi connectivity index (χ1v) is 10.6. The minimum absolute atomic E-state index is 0.0000241. The lowest BCUT2D eigenvalue weighted by Gasteiger charge is -2.58. The highest BCUT2D eigenvalue weighted by molar-refractivity contribution is 5.96. The molecule has 3 aliphatic heterocycles. The number of halogens is 3. The summed E-state index contributed by atoms with van der Waals surface area (Å²) in [5, 5.41) is 23.0. The van der Waals surface area contributed by atoms with Gasteiger partial charge in [0.2, 0.25) is 0 Å². The summed E-state index contributed by atoms with van der Waals surface area (Å²) < 4.78 is 46.7. The molecule has 2 fully saturated rings. The van der Waals surface area contributed by atoms with Gasteiger partial charge in [-0.25, -0.2) is 4.79 Å². The molecular weight excluding hydrogens is 423 g/mol. The van der Waals surface area contributed by atoms with E-state index in [1.54, 1.807) is 25.1 Å². The molecule has 1 saturated carbocycles. The van der Waals surface area contributed by atoms with Gasteiger partial charge in [-0.3, -0.25) is 10.2 Å². The third-order valence-corrected chi connectivity index (χ3v) is 7.41. The maximum absolute atomic E-state index is 13.6. The first kappa shape index (κ1) is 21.0. The van der Waals surface area contributed by atoms with Crippen molar-refractivity contribution in [2.45, 2.75) is 62.0 Å². The van der Waals surface area contributed by atoms with Crippen molar-refractivity contribution in [1.29, 1.82) is 5.26 Å². The van der Waals surface area contributed by atoms with Crippen molar-refractivity contribution in [2.24, 2.45) is 0 Å². The number of nitrogens with one attached hydrogen (secondary N) is 1. The number of fused-ring (bicyclic) bond motifs is 3. The SMILES string of the molecule is CC12OC(=C1c1ccc(C#N)c(C(F)(F)F)c1)C=CC2(C(=O)O)N1CN[C@@H]2CCCC[C@H]21. The van der Waals surface area contributed by atoms with Crippen molar-refractivity contribution in [2.75, 3.05) is 6.67 Å². The Morgan fingerprint density at radius 3 is 2.78 bits per heavy atom. The lowest BCUT2D eigenvalue weighted by Crippen LogP contribution is -2.73. The molecule has 4 atom stereocenters. The van der Waals surface area contributed by atoms with Gasteiger partial charge < -0.3 is 9.84 Å². The summed E-state index contributed by atoms with van der Waals surface area (Å²) in [5.74, 6) is -0.750. The highest BCUT2D eigenvalue weighted by Gasteiger charge is 2.69. The van der Waals surface area contributed by atoms with Crippen LogP contribution in [0.25, 0.3) is 5.57 Å². The third kappa shape index (κ3) is 2.63. The monoisotopic (exact) mass is 445 g/mol. The Bertz CT molecular complexity index is 1110. The van der Waals surface area contributed by atoms with Crippen molar-refractivity contribution in [3.63, 3.8) is 0 Å². The molecule has 2 bridgehead atoms. The van der Waals surface area contributed by atoms with E-state index in [2.05, 4.69) is 5.32 Å². The molecule has 0 aromatic heterocycles. The van der Waals surface area contributed by atoms with E-state index >= 15 is 0 Å². The first-order chi connectivity index (χ1) is 15.1. The van der Waals surface area contributed by atoms with Gasteiger partial charge >= 0.3 is 12.1 Å². The predicted molar refractivity (Wildman–Crippen MR) is 108 cm³/mol. The molecule has 2 N–H and O–H groups in total. The van der Waals surface area contributed by atoms with Gasteiger partial charge in [-0.2, -0.15) is 18.4 Å². The number of hydrogen-bond donors (Lipinski definition) is 2. The predicted octanol–water partition coefficient (Wildman–Crippen LogP) is 3.64. The molecule has 6 nitrogen and oxygen atoms in total. The second kappa shape index (κ2) is 6.83. The molecule has 0 radical (unpaired) electrons. The topological polar surface area (TPSA) is 85.6 Å². The number of carboxylic acids is 1. The van der Waals surface area contributed by atoms with Gasteiger partial charge in [0, 0.05) is 17.7 Å². The Kier molecular flexibility index (Phi) is 4.49. The largest absolute Gasteiger partial charge is 0.479 e. The van der Waals surface area contributed by atoms with Crippen LogP contribution in [-0.2, 0) is 15.7 Å². The number of allylic oxidation sites excluding steroid dienone is 1. The van der Waals surface area contributed by atoms with E-state index in [1.165, 1.54) is 6.07 Å². The molecule has 2 unspecified atom stereocenters. The number of carboxylic acid groups (broad SMARTS) is 1. The van der Waals surface area contributed by atoms with Crippen molar-refractivity contribution >= 4 is 11.5 Å². The molecule has 168 valence electrons. The van der Waals surface area contributed by atoms with E-state index in [9.17, 15) is 23.1 Å². The summed E-state index contributed by atoms with van der Waals surface area (Å²) in [7, 11) is 0. The normalized spacial score (nSPS) is 33.8. The highest BCUT2D eigenvalue weighted by atomic mass is 19.4. The molecule has 5 rings (SSSR count). The Balaban J connectivity index is 1.62. The van der Waals surface area contributed by atoms with Crippen LogP contribution in [-0.4, -0.2) is 45.9 Å². The van der Waals surface area contributed by atoms with Crippen LogP contribution in [0.2, 0.25) is 0 Å². The summed E-state index contributed by atoms with van der Waals surface area (Å²) in [6.07, 6.45) is 2.33. The summed E-state index contributed by atoms with van der Waals surface area (Å²) in [5.41, 5.74) is -3.84. The lowest BCUT2D eigenvalue weighted by molar-refractivity contribution is -0.169. The fourth-order valence-electron chi connectivity index (χ4n) is 5.91. The van der Waals surface area contributed by atoms with Crippen molar-refractivity contribution < 1.29 is 27.8 Å². The Morgan fingerprint density at radius 2 is 2.09 bits per heavy atom. The van der Waals surface area contributed by atoms with Gasteiger partial charge in [-0.15, -0.1) is 0 Å². The van der Waals surface area contributed by atoms with E-state index in [4.69, 9.17) is 10.00 Å². The fourth-order valence-corrected chi connectivity index (χ4v) is 5.91. The Labute approximate surface area is 183 Å². The van der Waals surface area contributed by atoms with Gasteiger partial charge in [0.05, 0.1) is 23.9 Å². The fraction of sp³-hybridized carbons (Fsp3) is 0.478. The van der Waals surface area contributed by atoms with E-state index in [0.717, 1.165) is 37.8 Å². The van der Waals surface area contributed by atoms with Gasteiger partial charge in [-0.1, -0.05) is 18.9 Å². The Morgan fingerprint density at radius 1 is 1.34 bits per heavy atom. The number of aliphatic carboxylic acids is 1. The van der Waals surface area contributed by atoms with Crippen molar-refractivity contribution in [3.8, 4) is 6.07 Å². The molecule has 1 aliphatic carbocycles. The first-order valence-electron chi connectivity index (χ1n) is 10.6. The minimum Gasteiger partial charge on any atom is -0.479 e. The maximum atomic E-state index is 13.6. The highest BCUT2D eigenvalue weighted by Crippen LogP contribution is 2.58. The molecular formula is C23H22F3N3O3. The zero-order valence-electron chi connectivity index (χ0n) is 17.4. The molecule has 1 aromatic rings. The number of hydrogen-bond acceptors (Lipinski definition) is 5. The zero-order valence-corrected chi connectivity index (χ0v) is 17.4. The standard InChI is InChI=1S/C23H22F3N3O3/c1-21-19(13-6-7-14(11-27)15(10-13)23(24,25)26)18(32-21)8-9-22(21,20(30)31)29-12-28-16-4-2-3-5-17(16)29/h6-10,16-17,28H,2-5,12H2,1H3,(H,30,31)/t16-,17-,21?,22?/m1/s1. The van der Waals surface area contributed by atoms with Crippen molar-refractivity contribution in [3.05, 3.63) is 52.8 Å². The number of nitriles is 1. The lowest BCUT2D eigenvalue weighted by atomic mass is 9.65.